The monoisotopic (exact) mass is 247 g/mol. The van der Waals surface area contributed by atoms with Crippen LogP contribution in [0.5, 0.6) is 5.75 Å². The SMILES string of the molecule is Oc1ccc(Br)c2cccnc12.[NaH]. The van der Waals surface area contributed by atoms with Gasteiger partial charge in [-0.3, -0.25) is 4.98 Å². The average Bonchev–Trinajstić information content (AvgIpc) is 2.12. The Morgan fingerprint density at radius 2 is 2.00 bits per heavy atom. The van der Waals surface area contributed by atoms with Gasteiger partial charge >= 0.3 is 29.6 Å². The second-order valence-corrected chi connectivity index (χ2v) is 3.32. The van der Waals surface area contributed by atoms with Crippen molar-refractivity contribution in [2.45, 2.75) is 0 Å². The molecule has 2 aromatic rings. The number of phenols is 1. The van der Waals surface area contributed by atoms with Crippen LogP contribution in [0.3, 0.4) is 0 Å². The second-order valence-electron chi connectivity index (χ2n) is 2.47. The van der Waals surface area contributed by atoms with E-state index in [0.29, 0.717) is 5.52 Å². The van der Waals surface area contributed by atoms with Crippen LogP contribution in [0, 0.1) is 0 Å². The normalized spacial score (nSPS) is 9.62. The summed E-state index contributed by atoms with van der Waals surface area (Å²) in [4.78, 5) is 4.06. The quantitative estimate of drug-likeness (QED) is 0.724. The number of halogens is 1. The molecule has 1 heterocycles. The standard InChI is InChI=1S/C9H6BrNO.Na.H/c10-7-3-4-8(12)9-6(7)2-1-5-11-9;;/h1-5,12H;;. The van der Waals surface area contributed by atoms with Crippen LogP contribution in [-0.2, 0) is 0 Å². The average molecular weight is 248 g/mol. The number of rotatable bonds is 0. The molecule has 13 heavy (non-hydrogen) atoms. The Balaban J connectivity index is 0.000000845. The molecule has 0 saturated carbocycles. The zero-order valence-electron chi connectivity index (χ0n) is 6.16. The minimum atomic E-state index is 0. The first kappa shape index (κ1) is 11.0. The summed E-state index contributed by atoms with van der Waals surface area (Å²) >= 11 is 3.38. The zero-order chi connectivity index (χ0) is 8.55. The molecule has 62 valence electrons. The van der Waals surface area contributed by atoms with Crippen molar-refractivity contribution in [3.63, 3.8) is 0 Å². The van der Waals surface area contributed by atoms with Crippen molar-refractivity contribution in [1.82, 2.24) is 4.98 Å². The summed E-state index contributed by atoms with van der Waals surface area (Å²) in [6.07, 6.45) is 1.66. The van der Waals surface area contributed by atoms with Gasteiger partial charge in [0.1, 0.15) is 11.3 Å². The van der Waals surface area contributed by atoms with Gasteiger partial charge in [-0.15, -0.1) is 0 Å². The van der Waals surface area contributed by atoms with E-state index in [1.54, 1.807) is 18.3 Å². The molecule has 1 aromatic carbocycles. The Labute approximate surface area is 106 Å². The Morgan fingerprint density at radius 1 is 1.23 bits per heavy atom. The molecule has 4 heteroatoms. The summed E-state index contributed by atoms with van der Waals surface area (Å²) in [7, 11) is 0. The van der Waals surface area contributed by atoms with Gasteiger partial charge in [0.2, 0.25) is 0 Å². The Hall–Kier alpha value is -0.0900. The van der Waals surface area contributed by atoms with Crippen LogP contribution in [0.1, 0.15) is 0 Å². The molecule has 0 atom stereocenters. The summed E-state index contributed by atoms with van der Waals surface area (Å²) in [5.41, 5.74) is 0.631. The predicted molar refractivity (Wildman–Crippen MR) is 58.3 cm³/mol. The van der Waals surface area contributed by atoms with Crippen molar-refractivity contribution in [3.05, 3.63) is 34.9 Å². The van der Waals surface area contributed by atoms with Crippen molar-refractivity contribution >= 4 is 56.4 Å². The fourth-order valence-electron chi connectivity index (χ4n) is 1.12. The molecule has 0 aliphatic rings. The molecule has 2 rings (SSSR count). The molecule has 0 radical (unpaired) electrons. The Morgan fingerprint density at radius 3 is 2.69 bits per heavy atom. The van der Waals surface area contributed by atoms with E-state index in [1.807, 2.05) is 12.1 Å². The van der Waals surface area contributed by atoms with Gasteiger partial charge in [-0.1, -0.05) is 22.0 Å². The minimum absolute atomic E-state index is 0. The van der Waals surface area contributed by atoms with Crippen LogP contribution in [0.25, 0.3) is 10.9 Å². The molecule has 1 aromatic heterocycles. The third-order valence-corrected chi connectivity index (χ3v) is 2.39. The van der Waals surface area contributed by atoms with E-state index in [1.165, 1.54) is 0 Å². The van der Waals surface area contributed by atoms with Crippen LogP contribution in [0.2, 0.25) is 0 Å². The number of nitrogens with zero attached hydrogens (tertiary/aromatic N) is 1. The molecule has 2 nitrogen and oxygen atoms in total. The van der Waals surface area contributed by atoms with E-state index in [2.05, 4.69) is 20.9 Å². The van der Waals surface area contributed by atoms with Gasteiger partial charge < -0.3 is 5.11 Å². The van der Waals surface area contributed by atoms with Crippen molar-refractivity contribution in [2.24, 2.45) is 0 Å². The van der Waals surface area contributed by atoms with Crippen molar-refractivity contribution in [2.75, 3.05) is 0 Å². The van der Waals surface area contributed by atoms with Gasteiger partial charge in [0, 0.05) is 16.1 Å². The van der Waals surface area contributed by atoms with E-state index in [4.69, 9.17) is 0 Å². The third-order valence-electron chi connectivity index (χ3n) is 1.70. The number of fused-ring (bicyclic) bond motifs is 1. The van der Waals surface area contributed by atoms with E-state index >= 15 is 0 Å². The van der Waals surface area contributed by atoms with Gasteiger partial charge in [-0.25, -0.2) is 0 Å². The summed E-state index contributed by atoms with van der Waals surface area (Å²) < 4.78 is 0.948. The van der Waals surface area contributed by atoms with E-state index in [-0.39, 0.29) is 35.3 Å². The number of hydrogen-bond donors (Lipinski definition) is 1. The molecule has 0 aliphatic heterocycles. The molecule has 0 unspecified atom stereocenters. The maximum atomic E-state index is 9.41. The number of phenolic OH excluding ortho intramolecular Hbond substituents is 1. The molecule has 0 amide bonds. The van der Waals surface area contributed by atoms with E-state index < -0.39 is 0 Å². The number of pyridine rings is 1. The summed E-state index contributed by atoms with van der Waals surface area (Å²) in [5, 5.41) is 10.3. The predicted octanol–water partition coefficient (Wildman–Crippen LogP) is 2.05. The molecular formula is C9H7BrNNaO. The van der Waals surface area contributed by atoms with Crippen LogP contribution < -0.4 is 0 Å². The van der Waals surface area contributed by atoms with Crippen LogP contribution in [0.4, 0.5) is 0 Å². The Kier molecular flexibility index (Phi) is 3.74. The van der Waals surface area contributed by atoms with E-state index in [9.17, 15) is 5.11 Å². The number of hydrogen-bond acceptors (Lipinski definition) is 2. The maximum absolute atomic E-state index is 9.41. The summed E-state index contributed by atoms with van der Waals surface area (Å²) in [6.45, 7) is 0. The summed E-state index contributed by atoms with van der Waals surface area (Å²) in [6, 6.07) is 7.18. The van der Waals surface area contributed by atoms with Crippen LogP contribution in [0.15, 0.2) is 34.9 Å². The topological polar surface area (TPSA) is 33.1 Å². The number of aromatic nitrogens is 1. The second kappa shape index (κ2) is 4.42. The van der Waals surface area contributed by atoms with Gasteiger partial charge in [0.05, 0.1) is 0 Å². The van der Waals surface area contributed by atoms with Gasteiger partial charge in [0.15, 0.2) is 0 Å². The van der Waals surface area contributed by atoms with Gasteiger partial charge in [-0.05, 0) is 18.2 Å². The molecule has 0 saturated heterocycles. The van der Waals surface area contributed by atoms with E-state index in [0.717, 1.165) is 9.86 Å². The van der Waals surface area contributed by atoms with Crippen LogP contribution >= 0.6 is 15.9 Å². The third kappa shape index (κ3) is 2.05. The number of aromatic hydroxyl groups is 1. The Bertz CT molecular complexity index is 392. The zero-order valence-corrected chi connectivity index (χ0v) is 7.75. The van der Waals surface area contributed by atoms with Crippen LogP contribution in [-0.4, -0.2) is 39.6 Å². The molecular weight excluding hydrogens is 241 g/mol. The van der Waals surface area contributed by atoms with Gasteiger partial charge in [0.25, 0.3) is 0 Å². The van der Waals surface area contributed by atoms with Gasteiger partial charge in [-0.2, -0.15) is 0 Å². The fraction of sp³-hybridized carbons (Fsp3) is 0. The molecule has 0 bridgehead atoms. The molecule has 0 spiro atoms. The molecule has 1 N–H and O–H groups in total. The molecule has 0 fully saturated rings. The first-order chi connectivity index (χ1) is 5.79. The first-order valence-electron chi connectivity index (χ1n) is 3.51. The van der Waals surface area contributed by atoms with Crippen molar-refractivity contribution in [1.29, 1.82) is 0 Å². The molecule has 0 aliphatic carbocycles. The number of benzene rings is 1. The summed E-state index contributed by atoms with van der Waals surface area (Å²) in [5.74, 6) is 0.216. The van der Waals surface area contributed by atoms with Crippen molar-refractivity contribution in [3.8, 4) is 5.75 Å². The first-order valence-corrected chi connectivity index (χ1v) is 4.30. The fourth-order valence-corrected chi connectivity index (χ4v) is 1.58. The van der Waals surface area contributed by atoms with Crippen molar-refractivity contribution < 1.29 is 5.11 Å².